The molecule has 2 aromatic rings. The minimum absolute atomic E-state index is 0.0122. The average molecular weight is 549 g/mol. The number of carbonyl (C=O) groups is 2. The lowest BCUT2D eigenvalue weighted by atomic mass is 10.1. The molecule has 0 saturated heterocycles. The first kappa shape index (κ1) is 28.2. The third kappa shape index (κ3) is 7.25. The van der Waals surface area contributed by atoms with Crippen LogP contribution in [0, 0.1) is 6.92 Å². The van der Waals surface area contributed by atoms with Crippen molar-refractivity contribution in [2.45, 2.75) is 39.8 Å². The predicted octanol–water partition coefficient (Wildman–Crippen LogP) is 4.66. The van der Waals surface area contributed by atoms with Gasteiger partial charge in [0.15, 0.2) is 0 Å². The first-order valence-electron chi connectivity index (χ1n) is 10.6. The van der Waals surface area contributed by atoms with Crippen LogP contribution in [0.4, 0.5) is 5.69 Å². The molecule has 0 unspecified atom stereocenters. The Balaban J connectivity index is 2.45. The summed E-state index contributed by atoms with van der Waals surface area (Å²) in [5.41, 5.74) is 1.37. The van der Waals surface area contributed by atoms with E-state index in [4.69, 9.17) is 34.8 Å². The normalized spacial score (nSPS) is 12.2. The van der Waals surface area contributed by atoms with Crippen molar-refractivity contribution < 1.29 is 18.0 Å². The Bertz CT molecular complexity index is 1160. The fourth-order valence-electron chi connectivity index (χ4n) is 3.27. The fourth-order valence-corrected chi connectivity index (χ4v) is 4.81. The molecule has 0 aliphatic rings. The van der Waals surface area contributed by atoms with Crippen molar-refractivity contribution in [3.8, 4) is 0 Å². The molecule has 186 valence electrons. The van der Waals surface area contributed by atoms with Crippen LogP contribution in [0.1, 0.15) is 31.4 Å². The average Bonchev–Trinajstić information content (AvgIpc) is 2.76. The van der Waals surface area contributed by atoms with Gasteiger partial charge in [0.25, 0.3) is 0 Å². The highest BCUT2D eigenvalue weighted by molar-refractivity contribution is 7.92. The van der Waals surface area contributed by atoms with E-state index in [0.29, 0.717) is 32.7 Å². The summed E-state index contributed by atoms with van der Waals surface area (Å²) >= 11 is 18.5. The number of hydrogen-bond acceptors (Lipinski definition) is 4. The minimum atomic E-state index is -3.85. The Morgan fingerprint density at radius 1 is 1.09 bits per heavy atom. The molecule has 2 amide bonds. The van der Waals surface area contributed by atoms with Gasteiger partial charge in [-0.2, -0.15) is 0 Å². The third-order valence-electron chi connectivity index (χ3n) is 5.26. The molecular weight excluding hydrogens is 521 g/mol. The van der Waals surface area contributed by atoms with Crippen LogP contribution in [0.5, 0.6) is 0 Å². The largest absolute Gasteiger partial charge is 0.354 e. The topological polar surface area (TPSA) is 86.8 Å². The van der Waals surface area contributed by atoms with Gasteiger partial charge in [0.05, 0.1) is 11.9 Å². The van der Waals surface area contributed by atoms with Crippen LogP contribution in [0.2, 0.25) is 15.1 Å². The quantitative estimate of drug-likeness (QED) is 0.468. The molecule has 7 nitrogen and oxygen atoms in total. The number of anilines is 1. The van der Waals surface area contributed by atoms with Crippen molar-refractivity contribution in [2.75, 3.05) is 23.7 Å². The van der Waals surface area contributed by atoms with Gasteiger partial charge in [-0.15, -0.1) is 0 Å². The SMILES string of the molecule is CCCNC(=O)[C@@H](C)N(Cc1ccc(Cl)cc1Cl)C(=O)CN(c1cccc(Cl)c1C)S(C)(=O)=O. The van der Waals surface area contributed by atoms with Crippen LogP contribution in [0.3, 0.4) is 0 Å². The van der Waals surface area contributed by atoms with E-state index in [1.54, 1.807) is 50.2 Å². The summed E-state index contributed by atoms with van der Waals surface area (Å²) in [6, 6.07) is 8.78. The highest BCUT2D eigenvalue weighted by Gasteiger charge is 2.31. The van der Waals surface area contributed by atoms with Gasteiger partial charge in [0.2, 0.25) is 21.8 Å². The lowest BCUT2D eigenvalue weighted by Gasteiger charge is -2.32. The Morgan fingerprint density at radius 2 is 1.76 bits per heavy atom. The number of amides is 2. The van der Waals surface area contributed by atoms with E-state index in [1.807, 2.05) is 6.92 Å². The maximum atomic E-state index is 13.5. The maximum Gasteiger partial charge on any atom is 0.244 e. The standard InChI is InChI=1S/C23H28Cl3N3O4S/c1-5-11-27-23(31)16(3)28(13-17-9-10-18(24)12-20(17)26)22(30)14-29(34(4,32)33)21-8-6-7-19(25)15(21)2/h6-10,12,16H,5,11,13-14H2,1-4H3,(H,27,31)/t16-/m1/s1. The minimum Gasteiger partial charge on any atom is -0.354 e. The zero-order valence-electron chi connectivity index (χ0n) is 19.4. The molecule has 0 bridgehead atoms. The van der Waals surface area contributed by atoms with Gasteiger partial charge in [-0.05, 0) is 55.7 Å². The molecule has 2 aromatic carbocycles. The van der Waals surface area contributed by atoms with Gasteiger partial charge in [-0.3, -0.25) is 13.9 Å². The van der Waals surface area contributed by atoms with Crippen molar-refractivity contribution in [2.24, 2.45) is 0 Å². The van der Waals surface area contributed by atoms with E-state index >= 15 is 0 Å². The summed E-state index contributed by atoms with van der Waals surface area (Å²) in [6.07, 6.45) is 1.74. The molecule has 0 aliphatic heterocycles. The third-order valence-corrected chi connectivity index (χ3v) is 7.38. The number of nitrogens with zero attached hydrogens (tertiary/aromatic N) is 2. The Kier molecular flexibility index (Phi) is 10.1. The molecule has 1 atom stereocenters. The molecular formula is C23H28Cl3N3O4S. The molecule has 0 aliphatic carbocycles. The van der Waals surface area contributed by atoms with Crippen molar-refractivity contribution in [1.29, 1.82) is 0 Å². The van der Waals surface area contributed by atoms with Gasteiger partial charge in [0.1, 0.15) is 12.6 Å². The Morgan fingerprint density at radius 3 is 2.35 bits per heavy atom. The van der Waals surface area contributed by atoms with Gasteiger partial charge < -0.3 is 10.2 Å². The molecule has 1 N–H and O–H groups in total. The number of benzene rings is 2. The second kappa shape index (κ2) is 12.1. The number of rotatable bonds is 10. The maximum absolute atomic E-state index is 13.5. The fraction of sp³-hybridized carbons (Fsp3) is 0.391. The van der Waals surface area contributed by atoms with Crippen LogP contribution in [-0.2, 0) is 26.2 Å². The highest BCUT2D eigenvalue weighted by Crippen LogP contribution is 2.29. The zero-order chi connectivity index (χ0) is 25.6. The van der Waals surface area contributed by atoms with E-state index in [1.165, 1.54) is 4.90 Å². The van der Waals surface area contributed by atoms with Gasteiger partial charge in [-0.25, -0.2) is 8.42 Å². The van der Waals surface area contributed by atoms with Crippen LogP contribution in [0.25, 0.3) is 0 Å². The molecule has 0 saturated carbocycles. The van der Waals surface area contributed by atoms with Crippen LogP contribution < -0.4 is 9.62 Å². The van der Waals surface area contributed by atoms with Crippen LogP contribution >= 0.6 is 34.8 Å². The van der Waals surface area contributed by atoms with Crippen LogP contribution in [-0.4, -0.2) is 50.5 Å². The Hall–Kier alpha value is -2.00. The van der Waals surface area contributed by atoms with Crippen molar-refractivity contribution >= 4 is 62.3 Å². The van der Waals surface area contributed by atoms with Crippen molar-refractivity contribution in [1.82, 2.24) is 10.2 Å². The van der Waals surface area contributed by atoms with E-state index in [0.717, 1.165) is 17.0 Å². The summed E-state index contributed by atoms with van der Waals surface area (Å²) in [6.45, 7) is 5.09. The van der Waals surface area contributed by atoms with Gasteiger partial charge in [-0.1, -0.05) is 53.9 Å². The number of nitrogens with one attached hydrogen (secondary N) is 1. The summed E-state index contributed by atoms with van der Waals surface area (Å²) in [7, 11) is -3.85. The molecule has 0 spiro atoms. The zero-order valence-corrected chi connectivity index (χ0v) is 22.5. The molecule has 11 heteroatoms. The lowest BCUT2D eigenvalue weighted by molar-refractivity contribution is -0.139. The highest BCUT2D eigenvalue weighted by atomic mass is 35.5. The molecule has 34 heavy (non-hydrogen) atoms. The van der Waals surface area contributed by atoms with Crippen molar-refractivity contribution in [3.63, 3.8) is 0 Å². The smallest absolute Gasteiger partial charge is 0.244 e. The van der Waals surface area contributed by atoms with E-state index in [2.05, 4.69) is 5.32 Å². The second-order valence-electron chi connectivity index (χ2n) is 7.88. The second-order valence-corrected chi connectivity index (χ2v) is 11.0. The van der Waals surface area contributed by atoms with E-state index in [9.17, 15) is 18.0 Å². The summed E-state index contributed by atoms with van der Waals surface area (Å²) in [4.78, 5) is 27.5. The number of sulfonamides is 1. The monoisotopic (exact) mass is 547 g/mol. The van der Waals surface area contributed by atoms with E-state index < -0.39 is 28.5 Å². The summed E-state index contributed by atoms with van der Waals surface area (Å²) < 4.78 is 26.3. The summed E-state index contributed by atoms with van der Waals surface area (Å²) in [5.74, 6) is -0.930. The number of carbonyl (C=O) groups excluding carboxylic acids is 2. The van der Waals surface area contributed by atoms with Gasteiger partial charge >= 0.3 is 0 Å². The number of hydrogen-bond donors (Lipinski definition) is 1. The molecule has 0 fully saturated rings. The van der Waals surface area contributed by atoms with Crippen LogP contribution in [0.15, 0.2) is 36.4 Å². The molecule has 0 aromatic heterocycles. The van der Waals surface area contributed by atoms with Crippen molar-refractivity contribution in [3.05, 3.63) is 62.6 Å². The van der Waals surface area contributed by atoms with Gasteiger partial charge in [0, 0.05) is 28.2 Å². The number of halogens is 3. The Labute approximate surface area is 216 Å². The van der Waals surface area contributed by atoms with E-state index in [-0.39, 0.29) is 18.1 Å². The lowest BCUT2D eigenvalue weighted by Crippen LogP contribution is -2.51. The molecule has 0 heterocycles. The first-order chi connectivity index (χ1) is 15.9. The summed E-state index contributed by atoms with van der Waals surface area (Å²) in [5, 5.41) is 3.90. The molecule has 2 rings (SSSR count). The first-order valence-corrected chi connectivity index (χ1v) is 13.6. The predicted molar refractivity (Wildman–Crippen MR) is 138 cm³/mol. The molecule has 0 radical (unpaired) electrons.